The van der Waals surface area contributed by atoms with Crippen LogP contribution in [0.5, 0.6) is 0 Å². The molecule has 0 aromatic heterocycles. The van der Waals surface area contributed by atoms with Gasteiger partial charge in [-0.25, -0.2) is 4.79 Å². The van der Waals surface area contributed by atoms with E-state index in [4.69, 9.17) is 4.74 Å². The summed E-state index contributed by atoms with van der Waals surface area (Å²) in [5.41, 5.74) is -2.31. The Morgan fingerprint density at radius 1 is 0.839 bits per heavy atom. The molecule has 1 aliphatic rings. The molecule has 1 fully saturated rings. The maximum Gasteiger partial charge on any atom is 0.416 e. The number of amides is 2. The van der Waals surface area contributed by atoms with E-state index in [2.05, 4.69) is 10.2 Å². The summed E-state index contributed by atoms with van der Waals surface area (Å²) in [7, 11) is 0. The molecule has 0 unspecified atom stereocenters. The van der Waals surface area contributed by atoms with Crippen LogP contribution in [0.15, 0.2) is 42.5 Å². The highest BCUT2D eigenvalue weighted by atomic mass is 19.4. The number of benzene rings is 2. The second kappa shape index (κ2) is 9.15. The van der Waals surface area contributed by atoms with E-state index in [0.717, 1.165) is 18.7 Å². The van der Waals surface area contributed by atoms with Crippen molar-refractivity contribution in [3.63, 3.8) is 0 Å². The molecule has 3 rings (SSSR count). The summed E-state index contributed by atoms with van der Waals surface area (Å²) in [4.78, 5) is 14.3. The van der Waals surface area contributed by atoms with E-state index in [-0.39, 0.29) is 6.07 Å². The van der Waals surface area contributed by atoms with Crippen LogP contribution in [0.4, 0.5) is 42.5 Å². The Hall–Kier alpha value is -2.79. The first kappa shape index (κ1) is 22.9. The lowest BCUT2D eigenvalue weighted by molar-refractivity contribution is -0.143. The van der Waals surface area contributed by atoms with E-state index in [1.165, 1.54) is 0 Å². The largest absolute Gasteiger partial charge is 0.416 e. The minimum Gasteiger partial charge on any atom is -0.379 e. The van der Waals surface area contributed by atoms with Gasteiger partial charge in [0.1, 0.15) is 0 Å². The van der Waals surface area contributed by atoms with Crippen LogP contribution in [0.25, 0.3) is 0 Å². The summed E-state index contributed by atoms with van der Waals surface area (Å²) in [6.07, 6.45) is -9.99. The monoisotopic (exact) mass is 447 g/mol. The van der Waals surface area contributed by atoms with Crippen molar-refractivity contribution in [3.05, 3.63) is 59.2 Å². The second-order valence-electron chi connectivity index (χ2n) is 6.96. The maximum absolute atomic E-state index is 12.9. The van der Waals surface area contributed by atoms with Gasteiger partial charge in [0.05, 0.1) is 24.3 Å². The molecular weight excluding hydrogens is 428 g/mol. The van der Waals surface area contributed by atoms with Crippen LogP contribution in [-0.2, 0) is 23.6 Å². The van der Waals surface area contributed by atoms with Gasteiger partial charge in [-0.1, -0.05) is 12.1 Å². The van der Waals surface area contributed by atoms with Gasteiger partial charge < -0.3 is 15.4 Å². The average molecular weight is 447 g/mol. The molecule has 0 saturated carbocycles. The van der Waals surface area contributed by atoms with Crippen LogP contribution in [0.2, 0.25) is 0 Å². The molecule has 0 spiro atoms. The topological polar surface area (TPSA) is 53.6 Å². The van der Waals surface area contributed by atoms with Gasteiger partial charge in [-0.05, 0) is 35.9 Å². The number of alkyl halides is 6. The van der Waals surface area contributed by atoms with Crippen LogP contribution in [0.3, 0.4) is 0 Å². The minimum absolute atomic E-state index is 0.00370. The fourth-order valence-electron chi connectivity index (χ4n) is 3.03. The third-order valence-electron chi connectivity index (χ3n) is 4.57. The molecule has 0 radical (unpaired) electrons. The van der Waals surface area contributed by atoms with Crippen molar-refractivity contribution < 1.29 is 35.9 Å². The van der Waals surface area contributed by atoms with E-state index in [9.17, 15) is 31.1 Å². The summed E-state index contributed by atoms with van der Waals surface area (Å²) in [6.45, 7) is 3.62. The normalized spacial score (nSPS) is 15.5. The van der Waals surface area contributed by atoms with Crippen molar-refractivity contribution in [1.82, 2.24) is 4.90 Å². The van der Waals surface area contributed by atoms with Gasteiger partial charge in [-0.15, -0.1) is 0 Å². The quantitative estimate of drug-likeness (QED) is 0.634. The lowest BCUT2D eigenvalue weighted by Gasteiger charge is -2.26. The third kappa shape index (κ3) is 6.59. The van der Waals surface area contributed by atoms with Crippen molar-refractivity contribution in [1.29, 1.82) is 0 Å². The lowest BCUT2D eigenvalue weighted by Crippen LogP contribution is -2.35. The number of nitrogens with zero attached hydrogens (tertiary/aromatic N) is 1. The van der Waals surface area contributed by atoms with Gasteiger partial charge in [-0.2, -0.15) is 26.3 Å². The summed E-state index contributed by atoms with van der Waals surface area (Å²) in [5.74, 6) is 0. The van der Waals surface area contributed by atoms with Crippen LogP contribution in [0.1, 0.15) is 16.7 Å². The molecule has 5 nitrogen and oxygen atoms in total. The molecule has 0 bridgehead atoms. The molecule has 0 aliphatic carbocycles. The zero-order chi connectivity index (χ0) is 22.6. The smallest absolute Gasteiger partial charge is 0.379 e. The Bertz CT molecular complexity index is 874. The van der Waals surface area contributed by atoms with Gasteiger partial charge in [-0.3, -0.25) is 4.90 Å². The fraction of sp³-hybridized carbons (Fsp3) is 0.350. The number of ether oxygens (including phenoxy) is 1. The minimum atomic E-state index is -5.00. The summed E-state index contributed by atoms with van der Waals surface area (Å²) in [6, 6.07) is 6.67. The molecule has 2 amide bonds. The van der Waals surface area contributed by atoms with Crippen molar-refractivity contribution in [3.8, 4) is 0 Å². The predicted molar refractivity (Wildman–Crippen MR) is 102 cm³/mol. The van der Waals surface area contributed by atoms with E-state index in [1.807, 2.05) is 5.32 Å². The first-order valence-corrected chi connectivity index (χ1v) is 9.27. The molecular formula is C20H19F6N3O2. The van der Waals surface area contributed by atoms with Gasteiger partial charge in [0.25, 0.3) is 0 Å². The first-order chi connectivity index (χ1) is 14.5. The van der Waals surface area contributed by atoms with E-state index < -0.39 is 35.2 Å². The SMILES string of the molecule is O=C(Nc1ccc(CN2CCOCC2)cc1)Nc1cc(C(F)(F)F)cc(C(F)(F)F)c1. The number of urea groups is 1. The highest BCUT2D eigenvalue weighted by Crippen LogP contribution is 2.37. The number of halogens is 6. The number of morpholine rings is 1. The molecule has 11 heteroatoms. The Balaban J connectivity index is 1.66. The van der Waals surface area contributed by atoms with Crippen LogP contribution in [0, 0.1) is 0 Å². The van der Waals surface area contributed by atoms with Crippen molar-refractivity contribution in [2.75, 3.05) is 36.9 Å². The van der Waals surface area contributed by atoms with Gasteiger partial charge in [0.2, 0.25) is 0 Å². The Morgan fingerprint density at radius 3 is 1.87 bits per heavy atom. The summed E-state index contributed by atoms with van der Waals surface area (Å²) >= 11 is 0. The van der Waals surface area contributed by atoms with Crippen LogP contribution < -0.4 is 10.6 Å². The molecule has 2 N–H and O–H groups in total. The number of carbonyl (C=O) groups excluding carboxylic acids is 1. The molecule has 2 aromatic rings. The Morgan fingerprint density at radius 2 is 1.35 bits per heavy atom. The number of anilines is 2. The second-order valence-corrected chi connectivity index (χ2v) is 6.96. The zero-order valence-corrected chi connectivity index (χ0v) is 16.1. The first-order valence-electron chi connectivity index (χ1n) is 9.27. The third-order valence-corrected chi connectivity index (χ3v) is 4.57. The fourth-order valence-corrected chi connectivity index (χ4v) is 3.03. The Labute approximate surface area is 174 Å². The molecule has 168 valence electrons. The van der Waals surface area contributed by atoms with Crippen LogP contribution in [-0.4, -0.2) is 37.2 Å². The average Bonchev–Trinajstić information content (AvgIpc) is 2.68. The number of hydrogen-bond acceptors (Lipinski definition) is 3. The van der Waals surface area contributed by atoms with Gasteiger partial charge in [0, 0.05) is 31.0 Å². The van der Waals surface area contributed by atoms with Gasteiger partial charge >= 0.3 is 18.4 Å². The van der Waals surface area contributed by atoms with E-state index >= 15 is 0 Å². The van der Waals surface area contributed by atoms with Crippen molar-refractivity contribution >= 4 is 17.4 Å². The summed E-state index contributed by atoms with van der Waals surface area (Å²) in [5, 5.41) is 4.42. The number of nitrogens with one attached hydrogen (secondary N) is 2. The maximum atomic E-state index is 12.9. The molecule has 1 heterocycles. The van der Waals surface area contributed by atoms with Gasteiger partial charge in [0.15, 0.2) is 0 Å². The zero-order valence-electron chi connectivity index (χ0n) is 16.1. The number of rotatable bonds is 4. The molecule has 1 saturated heterocycles. The lowest BCUT2D eigenvalue weighted by atomic mass is 10.1. The molecule has 1 aliphatic heterocycles. The number of hydrogen-bond donors (Lipinski definition) is 2. The summed E-state index contributed by atoms with van der Waals surface area (Å²) < 4.78 is 82.8. The van der Waals surface area contributed by atoms with E-state index in [0.29, 0.717) is 37.6 Å². The predicted octanol–water partition coefficient (Wildman–Crippen LogP) is 5.20. The van der Waals surface area contributed by atoms with E-state index in [1.54, 1.807) is 24.3 Å². The van der Waals surface area contributed by atoms with Crippen molar-refractivity contribution in [2.45, 2.75) is 18.9 Å². The van der Waals surface area contributed by atoms with Crippen LogP contribution >= 0.6 is 0 Å². The number of carbonyl (C=O) groups is 1. The molecule has 0 atom stereocenters. The highest BCUT2D eigenvalue weighted by molar-refractivity contribution is 5.99. The highest BCUT2D eigenvalue weighted by Gasteiger charge is 2.37. The standard InChI is InChI=1S/C20H19F6N3O2/c21-19(22,23)14-9-15(20(24,25)26)11-17(10-14)28-18(30)27-16-3-1-13(2-4-16)12-29-5-7-31-8-6-29/h1-4,9-11H,5-8,12H2,(H2,27,28,30). The Kier molecular flexibility index (Phi) is 6.75. The molecule has 2 aromatic carbocycles. The van der Waals surface area contributed by atoms with Crippen molar-refractivity contribution in [2.24, 2.45) is 0 Å². The molecule has 31 heavy (non-hydrogen) atoms.